The molecular weight excluding hydrogens is 580 g/mol. The van der Waals surface area contributed by atoms with E-state index in [1.807, 2.05) is 36.4 Å². The molecular formula is C29H27BrN4O4S. The van der Waals surface area contributed by atoms with E-state index in [-0.39, 0.29) is 10.5 Å². The van der Waals surface area contributed by atoms with Crippen LogP contribution in [0.1, 0.15) is 32.7 Å². The molecule has 2 heterocycles. The fourth-order valence-corrected chi connectivity index (χ4v) is 5.78. The van der Waals surface area contributed by atoms with Gasteiger partial charge in [-0.3, -0.25) is 4.79 Å². The molecule has 39 heavy (non-hydrogen) atoms. The molecule has 0 unspecified atom stereocenters. The number of nitrogens with one attached hydrogen (secondary N) is 1. The maximum atomic E-state index is 13.3. The number of rotatable bonds is 8. The van der Waals surface area contributed by atoms with Crippen LogP contribution in [0.25, 0.3) is 0 Å². The van der Waals surface area contributed by atoms with Gasteiger partial charge in [-0.15, -0.1) is 0 Å². The molecule has 0 radical (unpaired) electrons. The lowest BCUT2D eigenvalue weighted by atomic mass is 10.0. The molecule has 0 atom stereocenters. The minimum absolute atomic E-state index is 0.0125. The van der Waals surface area contributed by atoms with E-state index in [1.165, 1.54) is 29.5 Å². The Hall–Kier alpha value is -3.76. The van der Waals surface area contributed by atoms with Crippen molar-refractivity contribution in [3.05, 3.63) is 111 Å². The van der Waals surface area contributed by atoms with E-state index in [0.717, 1.165) is 28.8 Å². The molecule has 3 aromatic carbocycles. The number of methoxy groups -OCH3 is 1. The maximum Gasteiger partial charge on any atom is 0.268 e. The number of aromatic nitrogens is 2. The number of benzene rings is 3. The van der Waals surface area contributed by atoms with E-state index >= 15 is 0 Å². The van der Waals surface area contributed by atoms with Gasteiger partial charge in [-0.1, -0.05) is 52.3 Å². The van der Waals surface area contributed by atoms with Gasteiger partial charge in [0.25, 0.3) is 15.9 Å². The van der Waals surface area contributed by atoms with Crippen LogP contribution in [0.15, 0.2) is 88.4 Å². The topological polar surface area (TPSA) is 101 Å². The Morgan fingerprint density at radius 1 is 1.03 bits per heavy atom. The summed E-state index contributed by atoms with van der Waals surface area (Å²) >= 11 is 3.29. The van der Waals surface area contributed by atoms with E-state index < -0.39 is 15.9 Å². The fraction of sp³-hybridized carbons (Fsp3) is 0.207. The third kappa shape index (κ3) is 6.29. The smallest absolute Gasteiger partial charge is 0.268 e. The molecule has 4 aromatic rings. The summed E-state index contributed by atoms with van der Waals surface area (Å²) in [7, 11) is -2.47. The van der Waals surface area contributed by atoms with Gasteiger partial charge in [0.15, 0.2) is 0 Å². The highest BCUT2D eigenvalue weighted by Gasteiger charge is 2.24. The number of carbonyl (C=O) groups is 1. The molecule has 1 N–H and O–H groups in total. The summed E-state index contributed by atoms with van der Waals surface area (Å²) < 4.78 is 34.1. The number of fused-ring (bicyclic) bond motifs is 1. The number of sulfonamides is 1. The van der Waals surface area contributed by atoms with Crippen molar-refractivity contribution in [2.75, 3.05) is 18.6 Å². The second-order valence-corrected chi connectivity index (χ2v) is 11.8. The lowest BCUT2D eigenvalue weighted by Crippen LogP contribution is -2.34. The number of hydrogen-bond donors (Lipinski definition) is 1. The average Bonchev–Trinajstić information content (AvgIpc) is 2.95. The van der Waals surface area contributed by atoms with Crippen molar-refractivity contribution in [1.29, 1.82) is 0 Å². The number of anilines is 1. The van der Waals surface area contributed by atoms with Crippen molar-refractivity contribution in [2.45, 2.75) is 30.7 Å². The van der Waals surface area contributed by atoms with Gasteiger partial charge in [0.2, 0.25) is 5.95 Å². The Labute approximate surface area is 236 Å². The second kappa shape index (κ2) is 11.5. The maximum absolute atomic E-state index is 13.3. The summed E-state index contributed by atoms with van der Waals surface area (Å²) in [6.45, 7) is 1.41. The van der Waals surface area contributed by atoms with Crippen LogP contribution < -0.4 is 14.4 Å². The Bertz CT molecular complexity index is 1610. The van der Waals surface area contributed by atoms with Gasteiger partial charge in [-0.2, -0.15) is 0 Å². The summed E-state index contributed by atoms with van der Waals surface area (Å²) in [6, 6.07) is 22.0. The monoisotopic (exact) mass is 606 g/mol. The molecule has 1 aliphatic heterocycles. The van der Waals surface area contributed by atoms with Gasteiger partial charge in [-0.25, -0.2) is 23.1 Å². The highest BCUT2D eigenvalue weighted by atomic mass is 79.9. The van der Waals surface area contributed by atoms with Crippen LogP contribution in [0, 0.1) is 0 Å². The van der Waals surface area contributed by atoms with Gasteiger partial charge in [0.05, 0.1) is 23.3 Å². The molecule has 0 saturated heterocycles. The Morgan fingerprint density at radius 3 is 2.56 bits per heavy atom. The van der Waals surface area contributed by atoms with Crippen LogP contribution in [-0.4, -0.2) is 37.9 Å². The minimum atomic E-state index is -4.08. The largest absolute Gasteiger partial charge is 0.497 e. The number of aryl methyl sites for hydroxylation is 2. The van der Waals surface area contributed by atoms with Crippen LogP contribution in [-0.2, 0) is 35.8 Å². The van der Waals surface area contributed by atoms with Crippen molar-refractivity contribution in [3.8, 4) is 5.75 Å². The zero-order valence-corrected chi connectivity index (χ0v) is 23.7. The number of amides is 1. The van der Waals surface area contributed by atoms with Crippen molar-refractivity contribution in [3.63, 3.8) is 0 Å². The van der Waals surface area contributed by atoms with Crippen molar-refractivity contribution >= 4 is 37.8 Å². The van der Waals surface area contributed by atoms with E-state index in [4.69, 9.17) is 9.72 Å². The summed E-state index contributed by atoms with van der Waals surface area (Å²) in [5.41, 5.74) is 4.13. The molecule has 0 aliphatic carbocycles. The first-order chi connectivity index (χ1) is 18.8. The summed E-state index contributed by atoms with van der Waals surface area (Å²) in [4.78, 5) is 24.6. The van der Waals surface area contributed by atoms with Gasteiger partial charge >= 0.3 is 0 Å². The predicted molar refractivity (Wildman–Crippen MR) is 152 cm³/mol. The minimum Gasteiger partial charge on any atom is -0.497 e. The molecule has 5 rings (SSSR count). The third-order valence-corrected chi connectivity index (χ3v) is 8.52. The van der Waals surface area contributed by atoms with Crippen LogP contribution in [0.3, 0.4) is 0 Å². The first kappa shape index (κ1) is 26.8. The average molecular weight is 608 g/mol. The third-order valence-electron chi connectivity index (χ3n) is 6.65. The highest BCUT2D eigenvalue weighted by molar-refractivity contribution is 9.10. The summed E-state index contributed by atoms with van der Waals surface area (Å²) in [5, 5.41) is 0. The fourth-order valence-electron chi connectivity index (χ4n) is 4.55. The van der Waals surface area contributed by atoms with Crippen molar-refractivity contribution in [1.82, 2.24) is 14.7 Å². The van der Waals surface area contributed by atoms with Gasteiger partial charge in [-0.05, 0) is 72.4 Å². The zero-order valence-electron chi connectivity index (χ0n) is 21.3. The molecule has 200 valence electrons. The SMILES string of the molecule is COc1cccc(CCc2nc(N3CCc4ccccc4C3)ncc2C(=O)NS(=O)(=O)c2ccc(Br)cc2)c1. The van der Waals surface area contributed by atoms with Crippen LogP contribution >= 0.6 is 15.9 Å². The number of hydrogen-bond acceptors (Lipinski definition) is 7. The molecule has 8 nitrogen and oxygen atoms in total. The molecule has 1 aromatic heterocycles. The molecule has 1 amide bonds. The van der Waals surface area contributed by atoms with Crippen LogP contribution in [0.2, 0.25) is 0 Å². The Morgan fingerprint density at radius 2 is 1.79 bits per heavy atom. The normalized spacial score (nSPS) is 13.0. The van der Waals surface area contributed by atoms with Gasteiger partial charge in [0, 0.05) is 23.8 Å². The van der Waals surface area contributed by atoms with E-state index in [1.54, 1.807) is 19.2 Å². The Balaban J connectivity index is 1.43. The van der Waals surface area contributed by atoms with Crippen LogP contribution in [0.5, 0.6) is 5.75 Å². The number of carbonyl (C=O) groups excluding carboxylic acids is 1. The van der Waals surface area contributed by atoms with Crippen LogP contribution in [0.4, 0.5) is 5.95 Å². The standard InChI is InChI=1S/C29H27BrN4O4S/c1-38-24-8-4-5-20(17-24)9-14-27-26(28(35)33-39(36,37)25-12-10-23(30)11-13-25)18-31-29(32-27)34-16-15-21-6-2-3-7-22(21)19-34/h2-8,10-13,17-18H,9,14-16,19H2,1H3,(H,33,35). The second-order valence-electron chi connectivity index (χ2n) is 9.21. The quantitative estimate of drug-likeness (QED) is 0.310. The van der Waals surface area contributed by atoms with E-state index in [0.29, 0.717) is 31.0 Å². The molecule has 0 fully saturated rings. The molecule has 0 spiro atoms. The lowest BCUT2D eigenvalue weighted by Gasteiger charge is -2.29. The molecule has 0 saturated carbocycles. The summed E-state index contributed by atoms with van der Waals surface area (Å²) in [6.07, 6.45) is 3.28. The summed E-state index contributed by atoms with van der Waals surface area (Å²) in [5.74, 6) is 0.480. The molecule has 1 aliphatic rings. The predicted octanol–water partition coefficient (Wildman–Crippen LogP) is 4.71. The van der Waals surface area contributed by atoms with Crippen molar-refractivity contribution < 1.29 is 17.9 Å². The Kier molecular flexibility index (Phi) is 7.94. The van der Waals surface area contributed by atoms with Gasteiger partial charge < -0.3 is 9.64 Å². The number of halogens is 1. The molecule has 0 bridgehead atoms. The zero-order chi connectivity index (χ0) is 27.4. The highest BCUT2D eigenvalue weighted by Crippen LogP contribution is 2.24. The van der Waals surface area contributed by atoms with Gasteiger partial charge in [0.1, 0.15) is 5.75 Å². The first-order valence-corrected chi connectivity index (χ1v) is 14.7. The van der Waals surface area contributed by atoms with E-state index in [2.05, 4.69) is 42.7 Å². The first-order valence-electron chi connectivity index (χ1n) is 12.5. The van der Waals surface area contributed by atoms with E-state index in [9.17, 15) is 13.2 Å². The molecule has 10 heteroatoms. The van der Waals surface area contributed by atoms with Crippen molar-refractivity contribution in [2.24, 2.45) is 0 Å². The lowest BCUT2D eigenvalue weighted by molar-refractivity contribution is 0.0979. The number of nitrogens with zero attached hydrogens (tertiary/aromatic N) is 3. The number of ether oxygens (including phenoxy) is 1.